The van der Waals surface area contributed by atoms with Crippen molar-refractivity contribution in [2.45, 2.75) is 32.1 Å². The third-order valence-corrected chi connectivity index (χ3v) is 3.86. The Morgan fingerprint density at radius 1 is 1.16 bits per heavy atom. The maximum absolute atomic E-state index is 14.1. The van der Waals surface area contributed by atoms with Crippen molar-refractivity contribution in [1.82, 2.24) is 0 Å². The van der Waals surface area contributed by atoms with Crippen molar-refractivity contribution in [1.29, 1.82) is 0 Å². The molecule has 1 N–H and O–H groups in total. The molecule has 1 saturated carbocycles. The summed E-state index contributed by atoms with van der Waals surface area (Å²) in [6.07, 6.45) is 1.07. The normalized spacial score (nSPS) is 16.1. The summed E-state index contributed by atoms with van der Waals surface area (Å²) < 4.78 is 24.5. The zero-order chi connectivity index (χ0) is 14.4. The average molecular weight is 268 g/mol. The quantitative estimate of drug-likeness (QED) is 0.911. The van der Waals surface area contributed by atoms with Crippen molar-refractivity contribution < 1.29 is 23.8 Å². The third kappa shape index (κ3) is 1.76. The second kappa shape index (κ2) is 4.40. The molecule has 2 rings (SSSR count). The number of methoxy groups -OCH3 is 2. The Labute approximate surface area is 111 Å². The first-order chi connectivity index (χ1) is 8.90. The second-order valence-corrected chi connectivity index (χ2v) is 4.89. The van der Waals surface area contributed by atoms with Gasteiger partial charge in [-0.2, -0.15) is 0 Å². The number of halogens is 1. The molecule has 0 amide bonds. The maximum Gasteiger partial charge on any atom is 0.314 e. The minimum absolute atomic E-state index is 0.0980. The van der Waals surface area contributed by atoms with Gasteiger partial charge in [0.15, 0.2) is 11.6 Å². The molecule has 0 unspecified atom stereocenters. The lowest BCUT2D eigenvalue weighted by atomic mass is 9.88. The fourth-order valence-corrected chi connectivity index (χ4v) is 2.68. The first-order valence-corrected chi connectivity index (χ1v) is 6.05. The van der Waals surface area contributed by atoms with Crippen LogP contribution in [0.3, 0.4) is 0 Å². The van der Waals surface area contributed by atoms with E-state index in [4.69, 9.17) is 9.47 Å². The van der Waals surface area contributed by atoms with Gasteiger partial charge in [0, 0.05) is 16.7 Å². The van der Waals surface area contributed by atoms with E-state index in [1.807, 2.05) is 0 Å². The number of ether oxygens (including phenoxy) is 2. The fraction of sp³-hybridized carbons (Fsp3) is 0.500. The Morgan fingerprint density at radius 3 is 2.05 bits per heavy atom. The smallest absolute Gasteiger partial charge is 0.314 e. The van der Waals surface area contributed by atoms with E-state index in [0.717, 1.165) is 0 Å². The molecule has 0 bridgehead atoms. The molecule has 1 aromatic rings. The Bertz CT molecular complexity index is 547. The second-order valence-electron chi connectivity index (χ2n) is 4.89. The highest BCUT2D eigenvalue weighted by molar-refractivity contribution is 5.87. The first kappa shape index (κ1) is 13.6. The van der Waals surface area contributed by atoms with Crippen LogP contribution in [0, 0.1) is 19.7 Å². The summed E-state index contributed by atoms with van der Waals surface area (Å²) in [6.45, 7) is 3.24. The van der Waals surface area contributed by atoms with Crippen LogP contribution < -0.4 is 9.47 Å². The van der Waals surface area contributed by atoms with Crippen LogP contribution in [0.2, 0.25) is 0 Å². The Hall–Kier alpha value is -1.78. The largest absolute Gasteiger partial charge is 0.496 e. The highest BCUT2D eigenvalue weighted by Gasteiger charge is 2.55. The number of carboxylic acid groups (broad SMARTS) is 1. The molecular weight excluding hydrogens is 251 g/mol. The summed E-state index contributed by atoms with van der Waals surface area (Å²) in [7, 11) is 2.80. The van der Waals surface area contributed by atoms with Crippen LogP contribution in [0.1, 0.15) is 29.5 Å². The summed E-state index contributed by atoms with van der Waals surface area (Å²) in [6, 6.07) is 0. The van der Waals surface area contributed by atoms with Crippen LogP contribution in [0.5, 0.6) is 11.5 Å². The molecular formula is C14H17FO4. The van der Waals surface area contributed by atoms with Crippen LogP contribution in [0.15, 0.2) is 0 Å². The lowest BCUT2D eigenvalue weighted by Crippen LogP contribution is -2.23. The minimum Gasteiger partial charge on any atom is -0.496 e. The van der Waals surface area contributed by atoms with Crippen molar-refractivity contribution in [3.8, 4) is 11.5 Å². The Balaban J connectivity index is 2.79. The van der Waals surface area contributed by atoms with Crippen LogP contribution in [-0.4, -0.2) is 25.3 Å². The van der Waals surface area contributed by atoms with Gasteiger partial charge in [-0.05, 0) is 26.7 Å². The topological polar surface area (TPSA) is 55.8 Å². The molecule has 1 aromatic carbocycles. The zero-order valence-corrected chi connectivity index (χ0v) is 11.5. The summed E-state index contributed by atoms with van der Waals surface area (Å²) in [5, 5.41) is 9.44. The highest BCUT2D eigenvalue weighted by atomic mass is 19.1. The van der Waals surface area contributed by atoms with Crippen LogP contribution in [-0.2, 0) is 10.2 Å². The van der Waals surface area contributed by atoms with Crippen LogP contribution in [0.25, 0.3) is 0 Å². The molecule has 19 heavy (non-hydrogen) atoms. The molecule has 1 aliphatic rings. The molecule has 0 atom stereocenters. The fourth-order valence-electron chi connectivity index (χ4n) is 2.68. The van der Waals surface area contributed by atoms with Crippen molar-refractivity contribution in [2.24, 2.45) is 0 Å². The van der Waals surface area contributed by atoms with E-state index >= 15 is 0 Å². The number of rotatable bonds is 4. The monoisotopic (exact) mass is 268 g/mol. The molecule has 0 radical (unpaired) electrons. The molecule has 0 heterocycles. The number of aliphatic carboxylic acids is 1. The highest BCUT2D eigenvalue weighted by Crippen LogP contribution is 2.55. The van der Waals surface area contributed by atoms with Crippen LogP contribution in [0.4, 0.5) is 4.39 Å². The molecule has 0 aliphatic heterocycles. The van der Waals surface area contributed by atoms with Crippen molar-refractivity contribution in [3.05, 3.63) is 22.5 Å². The van der Waals surface area contributed by atoms with Gasteiger partial charge in [-0.1, -0.05) is 0 Å². The Morgan fingerprint density at radius 2 is 1.68 bits per heavy atom. The van der Waals surface area contributed by atoms with Gasteiger partial charge in [0.05, 0.1) is 19.6 Å². The van der Waals surface area contributed by atoms with Gasteiger partial charge in [-0.3, -0.25) is 4.79 Å². The van der Waals surface area contributed by atoms with Gasteiger partial charge in [0.25, 0.3) is 0 Å². The lowest BCUT2D eigenvalue weighted by Gasteiger charge is -2.22. The van der Waals surface area contributed by atoms with Crippen LogP contribution >= 0.6 is 0 Å². The average Bonchev–Trinajstić information content (AvgIpc) is 3.15. The van der Waals surface area contributed by atoms with E-state index in [1.54, 1.807) is 13.8 Å². The number of hydrogen-bond acceptors (Lipinski definition) is 3. The summed E-state index contributed by atoms with van der Waals surface area (Å²) in [5.41, 5.74) is 0.370. The predicted octanol–water partition coefficient (Wildman–Crippen LogP) is 2.58. The molecule has 104 valence electrons. The number of carboxylic acids is 1. The van der Waals surface area contributed by atoms with E-state index in [-0.39, 0.29) is 11.3 Å². The zero-order valence-electron chi connectivity index (χ0n) is 11.5. The van der Waals surface area contributed by atoms with Gasteiger partial charge in [0.1, 0.15) is 5.75 Å². The first-order valence-electron chi connectivity index (χ1n) is 6.05. The predicted molar refractivity (Wildman–Crippen MR) is 67.5 cm³/mol. The Kier molecular flexibility index (Phi) is 3.16. The van der Waals surface area contributed by atoms with E-state index in [2.05, 4.69) is 0 Å². The molecule has 0 aromatic heterocycles. The maximum atomic E-state index is 14.1. The lowest BCUT2D eigenvalue weighted by molar-refractivity contribution is -0.140. The van der Waals surface area contributed by atoms with Crippen molar-refractivity contribution in [2.75, 3.05) is 14.2 Å². The van der Waals surface area contributed by atoms with Crippen molar-refractivity contribution in [3.63, 3.8) is 0 Å². The molecule has 5 heteroatoms. The number of carbonyl (C=O) groups is 1. The minimum atomic E-state index is -0.957. The summed E-state index contributed by atoms with van der Waals surface area (Å²) >= 11 is 0. The molecule has 1 fully saturated rings. The van der Waals surface area contributed by atoms with Gasteiger partial charge < -0.3 is 14.6 Å². The van der Waals surface area contributed by atoms with Crippen molar-refractivity contribution >= 4 is 5.97 Å². The summed E-state index contributed by atoms with van der Waals surface area (Å²) in [4.78, 5) is 11.5. The molecule has 0 saturated heterocycles. The van der Waals surface area contributed by atoms with Gasteiger partial charge in [0.2, 0.25) is 0 Å². The standard InChI is InChI=1S/C14H17FO4/c1-7-9(14(5-6-14)13(16)17)11(18-3)8(2)10(15)12(7)19-4/h5-6H2,1-4H3,(H,16,17). The van der Waals surface area contributed by atoms with Gasteiger partial charge in [-0.25, -0.2) is 4.39 Å². The molecule has 1 aliphatic carbocycles. The van der Waals surface area contributed by atoms with Gasteiger partial charge in [-0.15, -0.1) is 0 Å². The molecule has 4 nitrogen and oxygen atoms in total. The number of hydrogen-bond donors (Lipinski definition) is 1. The SMILES string of the molecule is COc1c(C)c(C2(C(=O)O)CC2)c(OC)c(C)c1F. The van der Waals surface area contributed by atoms with E-state index in [9.17, 15) is 14.3 Å². The molecule has 0 spiro atoms. The third-order valence-electron chi connectivity index (χ3n) is 3.86. The number of benzene rings is 1. The van der Waals surface area contributed by atoms with E-state index in [1.165, 1.54) is 14.2 Å². The summed E-state index contributed by atoms with van der Waals surface area (Å²) in [5.74, 6) is -0.986. The van der Waals surface area contributed by atoms with E-state index in [0.29, 0.717) is 29.7 Å². The van der Waals surface area contributed by atoms with Gasteiger partial charge >= 0.3 is 5.97 Å². The van der Waals surface area contributed by atoms with E-state index < -0.39 is 17.2 Å².